The van der Waals surface area contributed by atoms with Gasteiger partial charge in [-0.1, -0.05) is 44.2 Å². The minimum Gasteiger partial charge on any atom is -0.431 e. The van der Waals surface area contributed by atoms with Crippen LogP contribution < -0.4 is 4.74 Å². The van der Waals surface area contributed by atoms with Gasteiger partial charge in [0, 0.05) is 5.38 Å². The summed E-state index contributed by atoms with van der Waals surface area (Å²) in [4.78, 5) is 4.21. The molecule has 0 fully saturated rings. The summed E-state index contributed by atoms with van der Waals surface area (Å²) in [5.74, 6) is 0.833. The fourth-order valence-corrected chi connectivity index (χ4v) is 2.52. The minimum absolute atomic E-state index is 0.128. The van der Waals surface area contributed by atoms with E-state index < -0.39 is 0 Å². The molecule has 1 aromatic heterocycles. The average molecular weight is 312 g/mol. The molecule has 0 saturated heterocycles. The minimum atomic E-state index is 0.128. The van der Waals surface area contributed by atoms with Crippen molar-refractivity contribution in [2.45, 2.75) is 26.2 Å². The summed E-state index contributed by atoms with van der Waals surface area (Å²) in [6.07, 6.45) is 0. The van der Waals surface area contributed by atoms with E-state index >= 15 is 0 Å². The standard InChI is InChI=1S/C13H14BrNOS/c1-13(2,3)9-5-4-6-10(7-9)16-12-15-11(14)8-17-12/h4-8H,1-3H3. The van der Waals surface area contributed by atoms with E-state index in [9.17, 15) is 0 Å². The predicted molar refractivity (Wildman–Crippen MR) is 75.0 cm³/mol. The van der Waals surface area contributed by atoms with Gasteiger partial charge in [0.2, 0.25) is 0 Å². The van der Waals surface area contributed by atoms with Crippen molar-refractivity contribution in [3.05, 3.63) is 39.8 Å². The number of hydrogen-bond donors (Lipinski definition) is 0. The Balaban J connectivity index is 2.22. The van der Waals surface area contributed by atoms with Crippen LogP contribution in [0.3, 0.4) is 0 Å². The van der Waals surface area contributed by atoms with Gasteiger partial charge in [0.1, 0.15) is 10.4 Å². The third-order valence-electron chi connectivity index (χ3n) is 2.36. The Morgan fingerprint density at radius 2 is 2.06 bits per heavy atom. The topological polar surface area (TPSA) is 22.1 Å². The highest BCUT2D eigenvalue weighted by Crippen LogP contribution is 2.30. The molecule has 0 aliphatic heterocycles. The summed E-state index contributed by atoms with van der Waals surface area (Å²) in [7, 11) is 0. The SMILES string of the molecule is CC(C)(C)c1cccc(Oc2nc(Br)cs2)c1. The fraction of sp³-hybridized carbons (Fsp3) is 0.308. The van der Waals surface area contributed by atoms with Gasteiger partial charge < -0.3 is 4.74 Å². The summed E-state index contributed by atoms with van der Waals surface area (Å²) >= 11 is 4.79. The van der Waals surface area contributed by atoms with Crippen LogP contribution in [0.5, 0.6) is 10.9 Å². The first-order valence-electron chi connectivity index (χ1n) is 5.34. The van der Waals surface area contributed by atoms with Crippen LogP contribution in [0.4, 0.5) is 0 Å². The number of benzene rings is 1. The number of rotatable bonds is 2. The zero-order valence-corrected chi connectivity index (χ0v) is 12.4. The highest BCUT2D eigenvalue weighted by Gasteiger charge is 2.14. The maximum atomic E-state index is 5.71. The van der Waals surface area contributed by atoms with Gasteiger partial charge in [-0.3, -0.25) is 0 Å². The lowest BCUT2D eigenvalue weighted by molar-refractivity contribution is 0.474. The van der Waals surface area contributed by atoms with E-state index in [4.69, 9.17) is 4.74 Å². The lowest BCUT2D eigenvalue weighted by Crippen LogP contribution is -2.10. The number of ether oxygens (including phenoxy) is 1. The van der Waals surface area contributed by atoms with Crippen molar-refractivity contribution in [2.75, 3.05) is 0 Å². The molecule has 1 heterocycles. The summed E-state index contributed by atoms with van der Waals surface area (Å²) in [6, 6.07) is 8.14. The molecule has 0 unspecified atom stereocenters. The smallest absolute Gasteiger partial charge is 0.279 e. The summed E-state index contributed by atoms with van der Waals surface area (Å²) in [5, 5.41) is 2.56. The van der Waals surface area contributed by atoms with Gasteiger partial charge in [0.15, 0.2) is 0 Å². The van der Waals surface area contributed by atoms with Crippen molar-refractivity contribution in [1.29, 1.82) is 0 Å². The molecule has 0 atom stereocenters. The number of nitrogens with zero attached hydrogens (tertiary/aromatic N) is 1. The first-order valence-corrected chi connectivity index (χ1v) is 7.02. The molecular weight excluding hydrogens is 298 g/mol. The highest BCUT2D eigenvalue weighted by molar-refractivity contribution is 9.10. The fourth-order valence-electron chi connectivity index (χ4n) is 1.41. The van der Waals surface area contributed by atoms with E-state index in [-0.39, 0.29) is 5.41 Å². The van der Waals surface area contributed by atoms with Crippen molar-refractivity contribution in [1.82, 2.24) is 4.98 Å². The Labute approximate surface area is 114 Å². The van der Waals surface area contributed by atoms with Crippen molar-refractivity contribution < 1.29 is 4.74 Å². The quantitative estimate of drug-likeness (QED) is 0.779. The number of hydrogen-bond acceptors (Lipinski definition) is 3. The number of aromatic nitrogens is 1. The van der Waals surface area contributed by atoms with E-state index in [1.165, 1.54) is 16.9 Å². The van der Waals surface area contributed by atoms with Crippen LogP contribution in [0.15, 0.2) is 34.2 Å². The van der Waals surface area contributed by atoms with E-state index in [1.807, 2.05) is 17.5 Å². The van der Waals surface area contributed by atoms with Crippen LogP contribution in [0, 0.1) is 0 Å². The molecule has 90 valence electrons. The first-order chi connectivity index (χ1) is 7.95. The monoisotopic (exact) mass is 311 g/mol. The summed E-state index contributed by atoms with van der Waals surface area (Å²) in [6.45, 7) is 6.56. The normalized spacial score (nSPS) is 11.5. The van der Waals surface area contributed by atoms with Gasteiger partial charge in [0.25, 0.3) is 5.19 Å². The second-order valence-electron chi connectivity index (χ2n) is 4.82. The Bertz CT molecular complexity index is 516. The van der Waals surface area contributed by atoms with E-state index in [0.29, 0.717) is 5.19 Å². The van der Waals surface area contributed by atoms with Crippen LogP contribution in [0.25, 0.3) is 0 Å². The first kappa shape index (κ1) is 12.6. The van der Waals surface area contributed by atoms with Gasteiger partial charge in [-0.25, -0.2) is 0 Å². The molecule has 0 N–H and O–H groups in total. The molecule has 2 aromatic rings. The maximum Gasteiger partial charge on any atom is 0.279 e. The Hall–Kier alpha value is -0.870. The zero-order valence-electron chi connectivity index (χ0n) is 10.0. The van der Waals surface area contributed by atoms with Gasteiger partial charge in [-0.05, 0) is 39.0 Å². The summed E-state index contributed by atoms with van der Waals surface area (Å²) < 4.78 is 6.52. The van der Waals surface area contributed by atoms with Crippen molar-refractivity contribution >= 4 is 27.3 Å². The molecule has 0 amide bonds. The molecular formula is C13H14BrNOS. The zero-order chi connectivity index (χ0) is 12.5. The predicted octanol–water partition coefficient (Wildman–Crippen LogP) is 5.00. The van der Waals surface area contributed by atoms with Crippen LogP contribution in [0.2, 0.25) is 0 Å². The molecule has 0 bridgehead atoms. The molecule has 17 heavy (non-hydrogen) atoms. The second-order valence-corrected chi connectivity index (χ2v) is 6.45. The third kappa shape index (κ3) is 3.30. The molecule has 0 aliphatic rings. The molecule has 0 aliphatic carbocycles. The van der Waals surface area contributed by atoms with Crippen molar-refractivity contribution in [3.8, 4) is 10.9 Å². The average Bonchev–Trinajstić information content (AvgIpc) is 2.63. The largest absolute Gasteiger partial charge is 0.431 e. The maximum absolute atomic E-state index is 5.71. The summed E-state index contributed by atoms with van der Waals surface area (Å²) in [5.41, 5.74) is 1.38. The molecule has 0 radical (unpaired) electrons. The van der Waals surface area contributed by atoms with Gasteiger partial charge in [-0.15, -0.1) is 0 Å². The lowest BCUT2D eigenvalue weighted by Gasteiger charge is -2.19. The van der Waals surface area contributed by atoms with Crippen LogP contribution in [-0.4, -0.2) is 4.98 Å². The van der Waals surface area contributed by atoms with Gasteiger partial charge >= 0.3 is 0 Å². The number of halogens is 1. The molecule has 0 saturated carbocycles. The second kappa shape index (κ2) is 4.78. The molecule has 1 aromatic carbocycles. The Morgan fingerprint density at radius 1 is 1.29 bits per heavy atom. The van der Waals surface area contributed by atoms with Crippen LogP contribution in [0.1, 0.15) is 26.3 Å². The van der Waals surface area contributed by atoms with Crippen molar-refractivity contribution in [2.24, 2.45) is 0 Å². The van der Waals surface area contributed by atoms with Gasteiger partial charge in [-0.2, -0.15) is 4.98 Å². The van der Waals surface area contributed by atoms with Crippen LogP contribution in [-0.2, 0) is 5.41 Å². The number of thiazole rings is 1. The Morgan fingerprint density at radius 3 is 2.65 bits per heavy atom. The molecule has 2 rings (SSSR count). The highest BCUT2D eigenvalue weighted by atomic mass is 79.9. The third-order valence-corrected chi connectivity index (χ3v) is 3.79. The van der Waals surface area contributed by atoms with Crippen molar-refractivity contribution in [3.63, 3.8) is 0 Å². The van der Waals surface area contributed by atoms with Gasteiger partial charge in [0.05, 0.1) is 0 Å². The Kier molecular flexibility index (Phi) is 3.54. The van der Waals surface area contributed by atoms with E-state index in [0.717, 1.165) is 10.4 Å². The van der Waals surface area contributed by atoms with E-state index in [2.05, 4.69) is 53.8 Å². The molecule has 4 heteroatoms. The molecule has 2 nitrogen and oxygen atoms in total. The lowest BCUT2D eigenvalue weighted by atomic mass is 9.87. The van der Waals surface area contributed by atoms with Crippen LogP contribution >= 0.6 is 27.3 Å². The van der Waals surface area contributed by atoms with E-state index in [1.54, 1.807) is 0 Å². The molecule has 0 spiro atoms.